The van der Waals surface area contributed by atoms with E-state index in [-0.39, 0.29) is 6.04 Å². The van der Waals surface area contributed by atoms with Crippen molar-refractivity contribution in [3.8, 4) is 0 Å². The zero-order valence-corrected chi connectivity index (χ0v) is 9.46. The highest BCUT2D eigenvalue weighted by Gasteiger charge is 2.25. The maximum atomic E-state index is 6.25. The van der Waals surface area contributed by atoms with Crippen LogP contribution in [0.3, 0.4) is 0 Å². The van der Waals surface area contributed by atoms with Crippen LogP contribution in [0.5, 0.6) is 0 Å². The third-order valence-electron chi connectivity index (χ3n) is 3.19. The first kappa shape index (κ1) is 9.37. The topological polar surface area (TPSA) is 26.0 Å². The van der Waals surface area contributed by atoms with Crippen molar-refractivity contribution in [3.63, 3.8) is 0 Å². The molecule has 2 heteroatoms. The number of nitrogens with two attached hydrogens (primary N) is 1. The standard InChI is InChI=1S/C13H15NS/c14-12(7-9-5-6-9)11-8-15-13-4-2-1-3-10(11)13/h1-4,8-9,12H,5-7,14H2. The van der Waals surface area contributed by atoms with E-state index in [0.29, 0.717) is 0 Å². The van der Waals surface area contributed by atoms with Gasteiger partial charge in [0.1, 0.15) is 0 Å². The van der Waals surface area contributed by atoms with Crippen molar-refractivity contribution in [2.45, 2.75) is 25.3 Å². The summed E-state index contributed by atoms with van der Waals surface area (Å²) in [5.74, 6) is 0.902. The van der Waals surface area contributed by atoms with Crippen molar-refractivity contribution in [1.29, 1.82) is 0 Å². The van der Waals surface area contributed by atoms with Crippen molar-refractivity contribution in [2.75, 3.05) is 0 Å². The van der Waals surface area contributed by atoms with Crippen LogP contribution in [0.1, 0.15) is 30.9 Å². The van der Waals surface area contributed by atoms with Gasteiger partial charge in [-0.2, -0.15) is 0 Å². The van der Waals surface area contributed by atoms with Gasteiger partial charge in [-0.15, -0.1) is 11.3 Å². The van der Waals surface area contributed by atoms with E-state index in [1.807, 2.05) is 11.3 Å². The summed E-state index contributed by atoms with van der Waals surface area (Å²) in [6.07, 6.45) is 3.94. The van der Waals surface area contributed by atoms with E-state index in [4.69, 9.17) is 5.73 Å². The highest BCUT2D eigenvalue weighted by atomic mass is 32.1. The molecule has 3 rings (SSSR count). The second-order valence-electron chi connectivity index (χ2n) is 4.47. The van der Waals surface area contributed by atoms with Gasteiger partial charge in [0.05, 0.1) is 0 Å². The van der Waals surface area contributed by atoms with Crippen LogP contribution >= 0.6 is 11.3 Å². The van der Waals surface area contributed by atoms with Gasteiger partial charge in [-0.05, 0) is 34.7 Å². The lowest BCUT2D eigenvalue weighted by Crippen LogP contribution is -2.10. The number of benzene rings is 1. The zero-order valence-electron chi connectivity index (χ0n) is 8.65. The van der Waals surface area contributed by atoms with Gasteiger partial charge in [0.15, 0.2) is 0 Å². The van der Waals surface area contributed by atoms with Gasteiger partial charge >= 0.3 is 0 Å². The van der Waals surface area contributed by atoms with E-state index in [2.05, 4.69) is 29.6 Å². The molecule has 1 aromatic carbocycles. The van der Waals surface area contributed by atoms with Gasteiger partial charge in [-0.25, -0.2) is 0 Å². The van der Waals surface area contributed by atoms with Crippen LogP contribution < -0.4 is 5.73 Å². The maximum absolute atomic E-state index is 6.25. The Labute approximate surface area is 93.9 Å². The molecule has 15 heavy (non-hydrogen) atoms. The molecule has 78 valence electrons. The first-order valence-corrected chi connectivity index (χ1v) is 6.44. The van der Waals surface area contributed by atoms with Crippen LogP contribution in [0.4, 0.5) is 0 Å². The van der Waals surface area contributed by atoms with Crippen molar-refractivity contribution in [3.05, 3.63) is 35.2 Å². The molecule has 1 aliphatic carbocycles. The SMILES string of the molecule is NC(CC1CC1)c1csc2ccccc12. The average molecular weight is 217 g/mol. The molecule has 0 aliphatic heterocycles. The Kier molecular flexibility index (Phi) is 2.26. The summed E-state index contributed by atoms with van der Waals surface area (Å²) in [5, 5.41) is 3.59. The summed E-state index contributed by atoms with van der Waals surface area (Å²) < 4.78 is 1.36. The molecule has 0 radical (unpaired) electrons. The molecule has 0 bridgehead atoms. The molecule has 1 aliphatic rings. The molecule has 1 saturated carbocycles. The minimum atomic E-state index is 0.244. The van der Waals surface area contributed by atoms with Crippen LogP contribution in [-0.2, 0) is 0 Å². The lowest BCUT2D eigenvalue weighted by molar-refractivity contribution is 0.601. The highest BCUT2D eigenvalue weighted by molar-refractivity contribution is 7.17. The molecular weight excluding hydrogens is 202 g/mol. The Balaban J connectivity index is 1.95. The molecule has 1 unspecified atom stereocenters. The summed E-state index contributed by atoms with van der Waals surface area (Å²) in [6, 6.07) is 8.80. The first-order valence-electron chi connectivity index (χ1n) is 5.56. The molecule has 2 N–H and O–H groups in total. The largest absolute Gasteiger partial charge is 0.324 e. The molecule has 1 heterocycles. The minimum Gasteiger partial charge on any atom is -0.324 e. The predicted molar refractivity (Wildman–Crippen MR) is 66.1 cm³/mol. The highest BCUT2D eigenvalue weighted by Crippen LogP contribution is 2.39. The summed E-state index contributed by atoms with van der Waals surface area (Å²) in [6.45, 7) is 0. The number of hydrogen-bond donors (Lipinski definition) is 1. The molecule has 0 saturated heterocycles. The van der Waals surface area contributed by atoms with E-state index in [0.717, 1.165) is 5.92 Å². The molecule has 0 amide bonds. The molecule has 1 nitrogen and oxygen atoms in total. The average Bonchev–Trinajstić information content (AvgIpc) is 2.96. The van der Waals surface area contributed by atoms with Crippen LogP contribution in [0.2, 0.25) is 0 Å². The fourth-order valence-electron chi connectivity index (χ4n) is 2.13. The van der Waals surface area contributed by atoms with Crippen LogP contribution in [0.25, 0.3) is 10.1 Å². The number of thiophene rings is 1. The van der Waals surface area contributed by atoms with Crippen molar-refractivity contribution >= 4 is 21.4 Å². The predicted octanol–water partition coefficient (Wildman–Crippen LogP) is 3.70. The Hall–Kier alpha value is -0.860. The number of rotatable bonds is 3. The third kappa shape index (κ3) is 1.80. The third-order valence-corrected chi connectivity index (χ3v) is 4.18. The van der Waals surface area contributed by atoms with E-state index in [9.17, 15) is 0 Å². The quantitative estimate of drug-likeness (QED) is 0.833. The van der Waals surface area contributed by atoms with Crippen molar-refractivity contribution in [1.82, 2.24) is 0 Å². The smallest absolute Gasteiger partial charge is 0.0346 e. The molecule has 1 atom stereocenters. The van der Waals surface area contributed by atoms with Gasteiger partial charge < -0.3 is 5.73 Å². The molecule has 0 spiro atoms. The summed E-state index contributed by atoms with van der Waals surface area (Å²) in [5.41, 5.74) is 7.60. The fourth-order valence-corrected chi connectivity index (χ4v) is 3.15. The maximum Gasteiger partial charge on any atom is 0.0346 e. The van der Waals surface area contributed by atoms with Gasteiger partial charge in [0.25, 0.3) is 0 Å². The summed E-state index contributed by atoms with van der Waals surface area (Å²) in [7, 11) is 0. The normalized spacial score (nSPS) is 18.2. The Morgan fingerprint density at radius 1 is 1.33 bits per heavy atom. The van der Waals surface area contributed by atoms with Crippen LogP contribution in [0, 0.1) is 5.92 Å². The first-order chi connectivity index (χ1) is 7.34. The molecular formula is C13H15NS. The molecule has 2 aromatic rings. The summed E-state index contributed by atoms with van der Waals surface area (Å²) in [4.78, 5) is 0. The van der Waals surface area contributed by atoms with E-state index < -0.39 is 0 Å². The van der Waals surface area contributed by atoms with Gasteiger partial charge in [-0.1, -0.05) is 31.0 Å². The number of hydrogen-bond acceptors (Lipinski definition) is 2. The summed E-state index contributed by atoms with van der Waals surface area (Å²) >= 11 is 1.81. The Morgan fingerprint density at radius 2 is 2.13 bits per heavy atom. The fraction of sp³-hybridized carbons (Fsp3) is 0.385. The Morgan fingerprint density at radius 3 is 2.93 bits per heavy atom. The second-order valence-corrected chi connectivity index (χ2v) is 5.38. The molecule has 1 fully saturated rings. The lowest BCUT2D eigenvalue weighted by Gasteiger charge is -2.09. The minimum absolute atomic E-state index is 0.244. The van der Waals surface area contributed by atoms with E-state index in [1.165, 1.54) is 34.9 Å². The zero-order chi connectivity index (χ0) is 10.3. The van der Waals surface area contributed by atoms with Gasteiger partial charge in [-0.3, -0.25) is 0 Å². The van der Waals surface area contributed by atoms with E-state index in [1.54, 1.807) is 0 Å². The van der Waals surface area contributed by atoms with Crippen molar-refractivity contribution < 1.29 is 0 Å². The van der Waals surface area contributed by atoms with Gasteiger partial charge in [0, 0.05) is 10.7 Å². The second kappa shape index (κ2) is 3.62. The van der Waals surface area contributed by atoms with E-state index >= 15 is 0 Å². The van der Waals surface area contributed by atoms with Crippen LogP contribution in [-0.4, -0.2) is 0 Å². The monoisotopic (exact) mass is 217 g/mol. The van der Waals surface area contributed by atoms with Crippen LogP contribution in [0.15, 0.2) is 29.6 Å². The van der Waals surface area contributed by atoms with Gasteiger partial charge in [0.2, 0.25) is 0 Å². The molecule has 1 aromatic heterocycles. The number of fused-ring (bicyclic) bond motifs is 1. The Bertz CT molecular complexity index is 470. The van der Waals surface area contributed by atoms with Crippen molar-refractivity contribution in [2.24, 2.45) is 11.7 Å². The lowest BCUT2D eigenvalue weighted by atomic mass is 10.0.